The zero-order valence-electron chi connectivity index (χ0n) is 22.4. The first-order valence-electron chi connectivity index (χ1n) is 12.9. The third-order valence-corrected chi connectivity index (χ3v) is 7.35. The van der Waals surface area contributed by atoms with Gasteiger partial charge in [-0.2, -0.15) is 9.61 Å². The van der Waals surface area contributed by atoms with Crippen LogP contribution in [0.4, 0.5) is 25.2 Å². The first kappa shape index (κ1) is 27.4. The standard InChI is InChI=1S/C28H31F2N7O3/c1-15-8-17(11-22(31)26(15)35-28(38)40-3)19-6-7-32-13-24(19)34-27-33-12-18-4-5-23(36-37(18)27)25-20(29)9-16(14-39-2)10-21(25)30/h4-7,9-10,12-13,15,17,22,26H,8,11,14,31H2,1-3H3,(H,33,34)(H,35,38)/t15-,17+,22+,26-/m0/s1. The van der Waals surface area contributed by atoms with Crippen molar-refractivity contribution < 1.29 is 23.0 Å². The van der Waals surface area contributed by atoms with Crippen molar-refractivity contribution in [3.05, 3.63) is 71.7 Å². The van der Waals surface area contributed by atoms with E-state index in [-0.39, 0.29) is 41.8 Å². The maximum atomic E-state index is 14.9. The van der Waals surface area contributed by atoms with E-state index in [1.807, 2.05) is 6.07 Å². The molecular weight excluding hydrogens is 520 g/mol. The van der Waals surface area contributed by atoms with E-state index in [2.05, 4.69) is 32.6 Å². The number of alkyl carbamates (subject to hydrolysis) is 1. The lowest BCUT2D eigenvalue weighted by atomic mass is 9.73. The van der Waals surface area contributed by atoms with Crippen LogP contribution in [-0.4, -0.2) is 52.0 Å². The van der Waals surface area contributed by atoms with E-state index in [1.165, 1.54) is 30.9 Å². The molecule has 12 heteroatoms. The fraction of sp³-hybridized carbons (Fsp3) is 0.357. The molecule has 40 heavy (non-hydrogen) atoms. The number of carbonyl (C=O) groups is 1. The summed E-state index contributed by atoms with van der Waals surface area (Å²) in [5.41, 5.74) is 9.11. The topological polar surface area (TPSA) is 129 Å². The summed E-state index contributed by atoms with van der Waals surface area (Å²) in [5, 5.41) is 10.7. The lowest BCUT2D eigenvalue weighted by Gasteiger charge is -2.39. The SMILES string of the molecule is COCc1cc(F)c(-c2ccc3cnc(Nc4cnccc4[C@H]4C[C@@H](N)[C@@H](NC(=O)OC)[C@@H](C)C4)n3n2)c(F)c1. The second kappa shape index (κ2) is 11.5. The third-order valence-electron chi connectivity index (χ3n) is 7.35. The van der Waals surface area contributed by atoms with Crippen molar-refractivity contribution in [3.63, 3.8) is 0 Å². The maximum Gasteiger partial charge on any atom is 0.407 e. The second-order valence-corrected chi connectivity index (χ2v) is 10.1. The quantitative estimate of drug-likeness (QED) is 0.306. The molecule has 1 aromatic carbocycles. The summed E-state index contributed by atoms with van der Waals surface area (Å²) in [6, 6.07) is 7.19. The largest absolute Gasteiger partial charge is 0.453 e. The Bertz CT molecular complexity index is 1490. The average Bonchev–Trinajstić information content (AvgIpc) is 3.32. The number of aromatic nitrogens is 4. The Labute approximate surface area is 229 Å². The van der Waals surface area contributed by atoms with Crippen LogP contribution in [0.1, 0.15) is 36.8 Å². The molecule has 1 fully saturated rings. The smallest absolute Gasteiger partial charge is 0.407 e. The first-order chi connectivity index (χ1) is 19.3. The van der Waals surface area contributed by atoms with Gasteiger partial charge in [-0.1, -0.05) is 6.92 Å². The highest BCUT2D eigenvalue weighted by Crippen LogP contribution is 2.39. The summed E-state index contributed by atoms with van der Waals surface area (Å²) in [6.45, 7) is 2.14. The highest BCUT2D eigenvalue weighted by atomic mass is 19.1. The molecule has 3 heterocycles. The summed E-state index contributed by atoms with van der Waals surface area (Å²) in [7, 11) is 2.79. The van der Waals surface area contributed by atoms with Crippen molar-refractivity contribution in [1.82, 2.24) is 24.9 Å². The van der Waals surface area contributed by atoms with Gasteiger partial charge in [0, 0.05) is 25.4 Å². The molecule has 0 unspecified atom stereocenters. The summed E-state index contributed by atoms with van der Waals surface area (Å²) in [4.78, 5) is 20.5. The Kier molecular flexibility index (Phi) is 7.90. The van der Waals surface area contributed by atoms with Crippen LogP contribution < -0.4 is 16.4 Å². The summed E-state index contributed by atoms with van der Waals surface area (Å²) in [6.07, 6.45) is 5.95. The summed E-state index contributed by atoms with van der Waals surface area (Å²) < 4.78 is 41.1. The molecule has 1 aliphatic rings. The van der Waals surface area contributed by atoms with Crippen LogP contribution in [0, 0.1) is 17.6 Å². The molecule has 0 bridgehead atoms. The number of pyridine rings is 1. The van der Waals surface area contributed by atoms with Crippen molar-refractivity contribution >= 4 is 23.2 Å². The van der Waals surface area contributed by atoms with Gasteiger partial charge < -0.3 is 25.8 Å². The number of imidazole rings is 1. The predicted molar refractivity (Wildman–Crippen MR) is 145 cm³/mol. The molecule has 1 aliphatic carbocycles. The van der Waals surface area contributed by atoms with E-state index in [4.69, 9.17) is 15.2 Å². The number of benzene rings is 1. The fourth-order valence-electron chi connectivity index (χ4n) is 5.50. The molecule has 0 spiro atoms. The number of ether oxygens (including phenoxy) is 2. The van der Waals surface area contributed by atoms with Crippen LogP contribution in [0.5, 0.6) is 0 Å². The minimum Gasteiger partial charge on any atom is -0.453 e. The number of methoxy groups -OCH3 is 2. The zero-order valence-corrected chi connectivity index (χ0v) is 22.4. The minimum absolute atomic E-state index is 0.0924. The van der Waals surface area contributed by atoms with Gasteiger partial charge in [-0.05, 0) is 66.1 Å². The molecule has 4 aromatic rings. The average molecular weight is 552 g/mol. The molecular formula is C28H31F2N7O3. The molecule has 1 saturated carbocycles. The van der Waals surface area contributed by atoms with Gasteiger partial charge in [0.15, 0.2) is 0 Å². The Morgan fingerprint density at radius 1 is 1.15 bits per heavy atom. The fourth-order valence-corrected chi connectivity index (χ4v) is 5.50. The van der Waals surface area contributed by atoms with Crippen molar-refractivity contribution in [2.24, 2.45) is 11.7 Å². The zero-order chi connectivity index (χ0) is 28.4. The minimum atomic E-state index is -0.731. The van der Waals surface area contributed by atoms with Gasteiger partial charge in [-0.25, -0.2) is 18.6 Å². The maximum absolute atomic E-state index is 14.9. The van der Waals surface area contributed by atoms with E-state index >= 15 is 0 Å². The van der Waals surface area contributed by atoms with Gasteiger partial charge in [0.25, 0.3) is 0 Å². The van der Waals surface area contributed by atoms with E-state index in [0.717, 1.165) is 12.0 Å². The second-order valence-electron chi connectivity index (χ2n) is 10.1. The number of carbonyl (C=O) groups excluding carboxylic acids is 1. The van der Waals surface area contributed by atoms with Crippen LogP contribution in [0.25, 0.3) is 16.8 Å². The van der Waals surface area contributed by atoms with Gasteiger partial charge in [0.1, 0.15) is 11.6 Å². The Morgan fingerprint density at radius 3 is 2.62 bits per heavy atom. The van der Waals surface area contributed by atoms with Gasteiger partial charge in [-0.3, -0.25) is 4.98 Å². The number of nitrogens with two attached hydrogens (primary N) is 1. The Balaban J connectivity index is 1.43. The van der Waals surface area contributed by atoms with Crippen LogP contribution in [0.15, 0.2) is 48.9 Å². The lowest BCUT2D eigenvalue weighted by Crippen LogP contribution is -2.54. The van der Waals surface area contributed by atoms with Crippen LogP contribution >= 0.6 is 0 Å². The van der Waals surface area contributed by atoms with Crippen molar-refractivity contribution in [3.8, 4) is 11.3 Å². The molecule has 3 aromatic heterocycles. The third kappa shape index (κ3) is 5.45. The van der Waals surface area contributed by atoms with E-state index < -0.39 is 17.7 Å². The Morgan fingerprint density at radius 2 is 1.93 bits per heavy atom. The van der Waals surface area contributed by atoms with E-state index in [0.29, 0.717) is 29.1 Å². The molecule has 0 aliphatic heterocycles. The van der Waals surface area contributed by atoms with Crippen molar-refractivity contribution in [1.29, 1.82) is 0 Å². The highest BCUT2D eigenvalue weighted by Gasteiger charge is 2.36. The molecule has 10 nitrogen and oxygen atoms in total. The lowest BCUT2D eigenvalue weighted by molar-refractivity contribution is 0.149. The molecule has 5 rings (SSSR count). The summed E-state index contributed by atoms with van der Waals surface area (Å²) in [5.74, 6) is -0.905. The number of halogens is 2. The van der Waals surface area contributed by atoms with Gasteiger partial charge in [0.05, 0.1) is 48.6 Å². The molecule has 0 saturated heterocycles. The van der Waals surface area contributed by atoms with Crippen LogP contribution in [0.3, 0.4) is 0 Å². The number of rotatable bonds is 7. The number of anilines is 2. The highest BCUT2D eigenvalue weighted by molar-refractivity contribution is 5.68. The van der Waals surface area contributed by atoms with Gasteiger partial charge in [-0.15, -0.1) is 0 Å². The van der Waals surface area contributed by atoms with Crippen molar-refractivity contribution in [2.45, 2.75) is 44.4 Å². The first-order valence-corrected chi connectivity index (χ1v) is 12.9. The molecule has 4 atom stereocenters. The molecule has 210 valence electrons. The molecule has 1 amide bonds. The number of hydrogen-bond donors (Lipinski definition) is 3. The van der Waals surface area contributed by atoms with Gasteiger partial charge in [0.2, 0.25) is 5.95 Å². The molecule has 4 N–H and O–H groups in total. The molecule has 0 radical (unpaired) electrons. The van der Waals surface area contributed by atoms with E-state index in [9.17, 15) is 13.6 Å². The normalized spacial score (nSPS) is 20.9. The van der Waals surface area contributed by atoms with Crippen LogP contribution in [-0.2, 0) is 16.1 Å². The predicted octanol–water partition coefficient (Wildman–Crippen LogP) is 4.52. The van der Waals surface area contributed by atoms with Crippen molar-refractivity contribution in [2.75, 3.05) is 19.5 Å². The number of nitrogens with zero attached hydrogens (tertiary/aromatic N) is 4. The number of nitrogens with one attached hydrogen (secondary N) is 2. The number of fused-ring (bicyclic) bond motifs is 1. The Hall–Kier alpha value is -4.16. The van der Waals surface area contributed by atoms with Crippen LogP contribution in [0.2, 0.25) is 0 Å². The van der Waals surface area contributed by atoms with E-state index in [1.54, 1.807) is 30.7 Å². The monoisotopic (exact) mass is 551 g/mol. The number of hydrogen-bond acceptors (Lipinski definition) is 8. The summed E-state index contributed by atoms with van der Waals surface area (Å²) >= 11 is 0. The number of amides is 1. The van der Waals surface area contributed by atoms with Gasteiger partial charge >= 0.3 is 6.09 Å².